The van der Waals surface area contributed by atoms with Crippen molar-refractivity contribution in [2.45, 2.75) is 46.2 Å². The van der Waals surface area contributed by atoms with Crippen LogP contribution in [-0.4, -0.2) is 45.4 Å². The minimum atomic E-state index is -0.236. The highest BCUT2D eigenvalue weighted by molar-refractivity contribution is 5.89. The van der Waals surface area contributed by atoms with Gasteiger partial charge in [0.05, 0.1) is 17.0 Å². The molecular weight excluding hydrogens is 316 g/mol. The van der Waals surface area contributed by atoms with Gasteiger partial charge in [0.1, 0.15) is 5.82 Å². The van der Waals surface area contributed by atoms with E-state index in [1.165, 1.54) is 0 Å². The number of hydrogen-bond acceptors (Lipinski definition) is 3. The first-order valence-corrected chi connectivity index (χ1v) is 9.02. The fourth-order valence-electron chi connectivity index (χ4n) is 3.52. The molecule has 0 unspecified atom stereocenters. The third-order valence-corrected chi connectivity index (χ3v) is 4.85. The van der Waals surface area contributed by atoms with E-state index in [-0.39, 0.29) is 23.8 Å². The Balaban J connectivity index is 1.58. The van der Waals surface area contributed by atoms with Crippen molar-refractivity contribution in [1.29, 1.82) is 0 Å². The third kappa shape index (κ3) is 3.52. The lowest BCUT2D eigenvalue weighted by Crippen LogP contribution is -2.36. The molecule has 1 N–H and O–H groups in total. The van der Waals surface area contributed by atoms with E-state index in [0.717, 1.165) is 23.4 Å². The fourth-order valence-corrected chi connectivity index (χ4v) is 3.52. The first-order chi connectivity index (χ1) is 12.0. The maximum atomic E-state index is 12.4. The number of carbonyl (C=O) groups excluding carboxylic acids is 2. The van der Waals surface area contributed by atoms with Crippen LogP contribution in [0.2, 0.25) is 0 Å². The molecule has 1 aromatic carbocycles. The predicted octanol–water partition coefficient (Wildman–Crippen LogP) is 1.97. The molecular formula is C19H26N4O2. The van der Waals surface area contributed by atoms with Crippen LogP contribution in [0.3, 0.4) is 0 Å². The van der Waals surface area contributed by atoms with Crippen molar-refractivity contribution in [3.05, 3.63) is 30.1 Å². The number of fused-ring (bicyclic) bond motifs is 1. The Morgan fingerprint density at radius 1 is 1.36 bits per heavy atom. The lowest BCUT2D eigenvalue weighted by molar-refractivity contribution is -0.129. The highest BCUT2D eigenvalue weighted by Crippen LogP contribution is 2.20. The van der Waals surface area contributed by atoms with Crippen molar-refractivity contribution in [1.82, 2.24) is 19.8 Å². The summed E-state index contributed by atoms with van der Waals surface area (Å²) in [6.45, 7) is 7.97. The molecule has 25 heavy (non-hydrogen) atoms. The van der Waals surface area contributed by atoms with Gasteiger partial charge in [-0.1, -0.05) is 12.1 Å². The molecule has 0 spiro atoms. The number of aromatic nitrogens is 2. The Labute approximate surface area is 148 Å². The van der Waals surface area contributed by atoms with E-state index in [1.807, 2.05) is 32.0 Å². The summed E-state index contributed by atoms with van der Waals surface area (Å²) in [5.74, 6) is 0.786. The number of rotatable bonds is 6. The van der Waals surface area contributed by atoms with Crippen LogP contribution in [0.15, 0.2) is 24.3 Å². The van der Waals surface area contributed by atoms with Gasteiger partial charge in [-0.2, -0.15) is 0 Å². The second-order valence-electron chi connectivity index (χ2n) is 6.84. The maximum absolute atomic E-state index is 12.4. The number of amides is 2. The molecule has 134 valence electrons. The van der Waals surface area contributed by atoms with Crippen molar-refractivity contribution in [3.63, 3.8) is 0 Å². The number of nitrogens with zero attached hydrogens (tertiary/aromatic N) is 3. The third-order valence-electron chi connectivity index (χ3n) is 4.85. The Bertz CT molecular complexity index is 781. The Morgan fingerprint density at radius 3 is 2.80 bits per heavy atom. The van der Waals surface area contributed by atoms with Gasteiger partial charge < -0.3 is 14.8 Å². The van der Waals surface area contributed by atoms with E-state index < -0.39 is 0 Å². The zero-order chi connectivity index (χ0) is 18.0. The van der Waals surface area contributed by atoms with E-state index in [1.54, 1.807) is 4.90 Å². The van der Waals surface area contributed by atoms with Crippen LogP contribution in [-0.2, 0) is 22.6 Å². The van der Waals surface area contributed by atoms with E-state index in [4.69, 9.17) is 0 Å². The highest BCUT2D eigenvalue weighted by atomic mass is 16.2. The van der Waals surface area contributed by atoms with E-state index in [2.05, 4.69) is 27.9 Å². The van der Waals surface area contributed by atoms with Gasteiger partial charge in [0.15, 0.2) is 0 Å². The molecule has 1 aromatic heterocycles. The van der Waals surface area contributed by atoms with E-state index in [0.29, 0.717) is 25.9 Å². The number of nitrogens with one attached hydrogen (secondary N) is 1. The lowest BCUT2D eigenvalue weighted by Gasteiger charge is -2.20. The second kappa shape index (κ2) is 7.25. The Morgan fingerprint density at radius 2 is 2.12 bits per heavy atom. The molecule has 1 aliphatic rings. The van der Waals surface area contributed by atoms with Gasteiger partial charge in [0.25, 0.3) is 0 Å². The summed E-state index contributed by atoms with van der Waals surface area (Å²) in [7, 11) is 0. The van der Waals surface area contributed by atoms with E-state index >= 15 is 0 Å². The van der Waals surface area contributed by atoms with Crippen LogP contribution in [0, 0.1) is 5.92 Å². The van der Waals surface area contributed by atoms with E-state index in [9.17, 15) is 9.59 Å². The topological polar surface area (TPSA) is 67.2 Å². The number of para-hydroxylation sites is 2. The van der Waals surface area contributed by atoms with Crippen LogP contribution >= 0.6 is 0 Å². The number of imidazole rings is 1. The second-order valence-corrected chi connectivity index (χ2v) is 6.84. The largest absolute Gasteiger partial charge is 0.355 e. The van der Waals surface area contributed by atoms with Gasteiger partial charge in [-0.05, 0) is 32.9 Å². The monoisotopic (exact) mass is 342 g/mol. The van der Waals surface area contributed by atoms with Crippen LogP contribution in [0.25, 0.3) is 11.0 Å². The molecule has 2 amide bonds. The minimum Gasteiger partial charge on any atom is -0.355 e. The van der Waals surface area contributed by atoms with Crippen molar-refractivity contribution in [2.75, 3.05) is 13.1 Å². The van der Waals surface area contributed by atoms with Gasteiger partial charge >= 0.3 is 0 Å². The molecule has 2 heterocycles. The molecule has 6 heteroatoms. The summed E-state index contributed by atoms with van der Waals surface area (Å²) in [6, 6.07) is 8.22. The predicted molar refractivity (Wildman–Crippen MR) is 97.1 cm³/mol. The fraction of sp³-hybridized carbons (Fsp3) is 0.526. The van der Waals surface area contributed by atoms with Crippen LogP contribution in [0.4, 0.5) is 0 Å². The molecule has 1 atom stereocenters. The molecule has 0 saturated carbocycles. The van der Waals surface area contributed by atoms with Gasteiger partial charge in [0.2, 0.25) is 11.8 Å². The summed E-state index contributed by atoms with van der Waals surface area (Å²) in [5, 5.41) is 2.98. The zero-order valence-corrected chi connectivity index (χ0v) is 15.2. The maximum Gasteiger partial charge on any atom is 0.225 e. The van der Waals surface area contributed by atoms with Gasteiger partial charge in [-0.3, -0.25) is 9.59 Å². The Kier molecular flexibility index (Phi) is 5.06. The summed E-state index contributed by atoms with van der Waals surface area (Å²) in [5.41, 5.74) is 2.11. The van der Waals surface area contributed by atoms with Crippen molar-refractivity contribution >= 4 is 22.8 Å². The lowest BCUT2D eigenvalue weighted by atomic mass is 10.1. The van der Waals surface area contributed by atoms with Crippen LogP contribution in [0.5, 0.6) is 0 Å². The average molecular weight is 342 g/mol. The SMILES string of the molecule is CCn1c(CCNC(=O)[C@@H]2CC(=O)N(C(C)C)C2)nc2ccccc21. The van der Waals surface area contributed by atoms with Crippen LogP contribution < -0.4 is 5.32 Å². The summed E-state index contributed by atoms with van der Waals surface area (Å²) in [6.07, 6.45) is 1.00. The summed E-state index contributed by atoms with van der Waals surface area (Å²) < 4.78 is 2.18. The van der Waals surface area contributed by atoms with Gasteiger partial charge in [-0.15, -0.1) is 0 Å². The molecule has 0 radical (unpaired) electrons. The molecule has 6 nitrogen and oxygen atoms in total. The molecule has 3 rings (SSSR count). The smallest absolute Gasteiger partial charge is 0.225 e. The quantitative estimate of drug-likeness (QED) is 0.873. The molecule has 2 aromatic rings. The molecule has 1 saturated heterocycles. The number of hydrogen-bond donors (Lipinski definition) is 1. The standard InChI is InChI=1S/C19H26N4O2/c1-4-22-16-8-6-5-7-15(16)21-17(22)9-10-20-19(25)14-11-18(24)23(12-14)13(2)3/h5-8,13-14H,4,9-12H2,1-3H3,(H,20,25)/t14-/m1/s1. The minimum absolute atomic E-state index is 0.0318. The average Bonchev–Trinajstić information content (AvgIpc) is 3.14. The first kappa shape index (κ1) is 17.5. The van der Waals surface area contributed by atoms with Crippen molar-refractivity contribution < 1.29 is 9.59 Å². The first-order valence-electron chi connectivity index (χ1n) is 9.02. The number of likely N-dealkylation sites (tertiary alicyclic amines) is 1. The van der Waals surface area contributed by atoms with Crippen LogP contribution in [0.1, 0.15) is 33.0 Å². The highest BCUT2D eigenvalue weighted by Gasteiger charge is 2.35. The number of carbonyl (C=O) groups is 2. The van der Waals surface area contributed by atoms with Gasteiger partial charge in [0, 0.05) is 38.5 Å². The van der Waals surface area contributed by atoms with Crippen molar-refractivity contribution in [2.24, 2.45) is 5.92 Å². The van der Waals surface area contributed by atoms with Gasteiger partial charge in [-0.25, -0.2) is 4.98 Å². The molecule has 1 fully saturated rings. The Hall–Kier alpha value is -2.37. The molecule has 1 aliphatic heterocycles. The summed E-state index contributed by atoms with van der Waals surface area (Å²) >= 11 is 0. The zero-order valence-electron chi connectivity index (χ0n) is 15.2. The number of aryl methyl sites for hydroxylation is 1. The van der Waals surface area contributed by atoms with Crippen molar-refractivity contribution in [3.8, 4) is 0 Å². The molecule has 0 aliphatic carbocycles. The molecule has 0 bridgehead atoms. The number of benzene rings is 1. The summed E-state index contributed by atoms with van der Waals surface area (Å²) in [4.78, 5) is 30.8. The normalized spacial score (nSPS) is 17.7.